The van der Waals surface area contributed by atoms with Gasteiger partial charge in [-0.15, -0.1) is 0 Å². The summed E-state index contributed by atoms with van der Waals surface area (Å²) in [7, 11) is 1.84. The molecule has 3 rings (SSSR count). The summed E-state index contributed by atoms with van der Waals surface area (Å²) < 4.78 is 0. The Bertz CT molecular complexity index is 1020. The fourth-order valence-corrected chi connectivity index (χ4v) is 3.02. The first-order valence-corrected chi connectivity index (χ1v) is 8.92. The first kappa shape index (κ1) is 18.8. The smallest absolute Gasteiger partial charge is 0.258 e. The summed E-state index contributed by atoms with van der Waals surface area (Å²) in [4.78, 5) is 34.1. The molecule has 0 saturated heterocycles. The molecule has 6 heteroatoms. The molecule has 27 heavy (non-hydrogen) atoms. The Morgan fingerprint density at radius 2 is 1.81 bits per heavy atom. The molecule has 6 nitrogen and oxygen atoms in total. The van der Waals surface area contributed by atoms with Gasteiger partial charge in [0.2, 0.25) is 5.91 Å². The van der Waals surface area contributed by atoms with Gasteiger partial charge in [-0.3, -0.25) is 14.5 Å². The predicted octanol–water partition coefficient (Wildman–Crippen LogP) is 3.00. The number of H-pyrrole nitrogens is 1. The zero-order valence-corrected chi connectivity index (χ0v) is 16.0. The van der Waals surface area contributed by atoms with E-state index in [4.69, 9.17) is 0 Å². The number of fused-ring (bicyclic) bond motifs is 1. The second-order valence-electron chi connectivity index (χ2n) is 6.88. The molecule has 0 unspecified atom stereocenters. The second kappa shape index (κ2) is 7.72. The number of hydrogen-bond donors (Lipinski definition) is 2. The van der Waals surface area contributed by atoms with E-state index in [1.807, 2.05) is 69.1 Å². The number of carbonyl (C=O) groups excluding carboxylic acids is 1. The van der Waals surface area contributed by atoms with Gasteiger partial charge in [0.05, 0.1) is 23.5 Å². The highest BCUT2D eigenvalue weighted by molar-refractivity contribution is 5.95. The van der Waals surface area contributed by atoms with Crippen LogP contribution in [-0.2, 0) is 11.3 Å². The van der Waals surface area contributed by atoms with E-state index in [1.165, 1.54) is 0 Å². The maximum atomic E-state index is 12.7. The van der Waals surface area contributed by atoms with Gasteiger partial charge in [-0.2, -0.15) is 0 Å². The fraction of sp³-hybridized carbons (Fsp3) is 0.286. The Labute approximate surface area is 158 Å². The molecule has 0 aliphatic rings. The van der Waals surface area contributed by atoms with Crippen LogP contribution in [0.3, 0.4) is 0 Å². The number of nitrogens with one attached hydrogen (secondary N) is 2. The molecule has 0 bridgehead atoms. The number of hydrogen-bond acceptors (Lipinski definition) is 4. The summed E-state index contributed by atoms with van der Waals surface area (Å²) >= 11 is 0. The van der Waals surface area contributed by atoms with Crippen molar-refractivity contribution in [1.82, 2.24) is 14.9 Å². The van der Waals surface area contributed by atoms with Crippen molar-refractivity contribution in [3.05, 3.63) is 69.8 Å². The van der Waals surface area contributed by atoms with Gasteiger partial charge in [0, 0.05) is 5.69 Å². The Balaban J connectivity index is 1.75. The summed E-state index contributed by atoms with van der Waals surface area (Å²) in [6.45, 7) is 6.14. The highest BCUT2D eigenvalue weighted by Gasteiger charge is 2.20. The van der Waals surface area contributed by atoms with Gasteiger partial charge in [-0.1, -0.05) is 30.3 Å². The molecular formula is C21H24N4O2. The van der Waals surface area contributed by atoms with Crippen molar-refractivity contribution in [3.8, 4) is 0 Å². The summed E-state index contributed by atoms with van der Waals surface area (Å²) in [5.41, 5.74) is 3.38. The standard InChI is InChI=1S/C21H24N4O2/c1-13-8-7-9-14(2)19(13)24-20(26)15(3)25(4)12-18-22-17-11-6-5-10-16(17)21(27)23-18/h5-11,15H,12H2,1-4H3,(H,24,26)(H,22,23,27)/t15-/m1/s1. The number of carbonyl (C=O) groups is 1. The molecule has 1 atom stereocenters. The van der Waals surface area contributed by atoms with Gasteiger partial charge >= 0.3 is 0 Å². The molecule has 0 aliphatic carbocycles. The summed E-state index contributed by atoms with van der Waals surface area (Å²) in [6, 6.07) is 12.7. The number of aryl methyl sites for hydroxylation is 2. The maximum Gasteiger partial charge on any atom is 0.258 e. The highest BCUT2D eigenvalue weighted by atomic mass is 16.2. The van der Waals surface area contributed by atoms with Crippen molar-refractivity contribution < 1.29 is 4.79 Å². The van der Waals surface area contributed by atoms with Gasteiger partial charge in [0.25, 0.3) is 5.56 Å². The van der Waals surface area contributed by atoms with Crippen LogP contribution in [0.1, 0.15) is 23.9 Å². The first-order valence-electron chi connectivity index (χ1n) is 8.92. The fourth-order valence-electron chi connectivity index (χ4n) is 3.02. The number of benzene rings is 2. The zero-order chi connectivity index (χ0) is 19.6. The third-order valence-corrected chi connectivity index (χ3v) is 4.83. The highest BCUT2D eigenvalue weighted by Crippen LogP contribution is 2.20. The molecule has 0 saturated carbocycles. The number of likely N-dealkylation sites (N-methyl/N-ethyl adjacent to an activating group) is 1. The van der Waals surface area contributed by atoms with Crippen molar-refractivity contribution in [2.45, 2.75) is 33.4 Å². The number of amides is 1. The van der Waals surface area contributed by atoms with Crippen molar-refractivity contribution in [3.63, 3.8) is 0 Å². The number of aromatic nitrogens is 2. The van der Waals surface area contributed by atoms with E-state index in [0.29, 0.717) is 23.3 Å². The van der Waals surface area contributed by atoms with Gasteiger partial charge in [0.15, 0.2) is 0 Å². The topological polar surface area (TPSA) is 78.1 Å². The third-order valence-electron chi connectivity index (χ3n) is 4.83. The monoisotopic (exact) mass is 364 g/mol. The van der Waals surface area contributed by atoms with E-state index in [1.54, 1.807) is 6.07 Å². The molecule has 0 radical (unpaired) electrons. The molecule has 1 heterocycles. The average molecular weight is 364 g/mol. The molecule has 2 aromatic carbocycles. The van der Waals surface area contributed by atoms with Crippen LogP contribution < -0.4 is 10.9 Å². The summed E-state index contributed by atoms with van der Waals surface area (Å²) in [5, 5.41) is 3.57. The van der Waals surface area contributed by atoms with Gasteiger partial charge in [0.1, 0.15) is 5.82 Å². The zero-order valence-electron chi connectivity index (χ0n) is 16.0. The molecule has 0 aliphatic heterocycles. The van der Waals surface area contributed by atoms with Gasteiger partial charge < -0.3 is 10.3 Å². The van der Waals surface area contributed by atoms with Crippen LogP contribution in [0, 0.1) is 13.8 Å². The lowest BCUT2D eigenvalue weighted by atomic mass is 10.1. The predicted molar refractivity (Wildman–Crippen MR) is 108 cm³/mol. The minimum Gasteiger partial charge on any atom is -0.324 e. The Morgan fingerprint density at radius 1 is 1.15 bits per heavy atom. The molecule has 1 amide bonds. The quantitative estimate of drug-likeness (QED) is 0.729. The molecule has 0 spiro atoms. The van der Waals surface area contributed by atoms with Crippen LogP contribution >= 0.6 is 0 Å². The van der Waals surface area contributed by atoms with Crippen LogP contribution in [0.25, 0.3) is 10.9 Å². The van der Waals surface area contributed by atoms with Crippen LogP contribution in [-0.4, -0.2) is 33.9 Å². The Kier molecular flexibility index (Phi) is 5.37. The minimum atomic E-state index is -0.388. The first-order chi connectivity index (χ1) is 12.9. The second-order valence-corrected chi connectivity index (χ2v) is 6.88. The molecule has 140 valence electrons. The molecule has 2 N–H and O–H groups in total. The van der Waals surface area contributed by atoms with Crippen molar-refractivity contribution >= 4 is 22.5 Å². The van der Waals surface area contributed by atoms with Crippen LogP contribution in [0.15, 0.2) is 47.3 Å². The van der Waals surface area contributed by atoms with E-state index >= 15 is 0 Å². The number of anilines is 1. The lowest BCUT2D eigenvalue weighted by Gasteiger charge is -2.24. The Morgan fingerprint density at radius 3 is 2.52 bits per heavy atom. The maximum absolute atomic E-state index is 12.7. The van der Waals surface area contributed by atoms with Crippen molar-refractivity contribution in [1.29, 1.82) is 0 Å². The van der Waals surface area contributed by atoms with Gasteiger partial charge in [-0.25, -0.2) is 4.98 Å². The Hall–Kier alpha value is -2.99. The van der Waals surface area contributed by atoms with E-state index in [-0.39, 0.29) is 17.5 Å². The molecule has 0 fully saturated rings. The number of para-hydroxylation sites is 2. The van der Waals surface area contributed by atoms with Gasteiger partial charge in [-0.05, 0) is 51.1 Å². The van der Waals surface area contributed by atoms with E-state index < -0.39 is 0 Å². The number of aromatic amines is 1. The molecule has 3 aromatic rings. The van der Waals surface area contributed by atoms with Crippen LogP contribution in [0.2, 0.25) is 0 Å². The van der Waals surface area contributed by atoms with Crippen LogP contribution in [0.5, 0.6) is 0 Å². The van der Waals surface area contributed by atoms with Crippen molar-refractivity contribution in [2.75, 3.05) is 12.4 Å². The molecule has 1 aromatic heterocycles. The average Bonchev–Trinajstić information content (AvgIpc) is 2.64. The SMILES string of the molecule is Cc1cccc(C)c1NC(=O)[C@@H](C)N(C)Cc1nc2ccccc2c(=O)[nH]1. The summed E-state index contributed by atoms with van der Waals surface area (Å²) in [6.07, 6.45) is 0. The van der Waals surface area contributed by atoms with Crippen LogP contribution in [0.4, 0.5) is 5.69 Å². The molecular weight excluding hydrogens is 340 g/mol. The third kappa shape index (κ3) is 4.06. The lowest BCUT2D eigenvalue weighted by molar-refractivity contribution is -0.120. The summed E-state index contributed by atoms with van der Waals surface area (Å²) in [5.74, 6) is 0.436. The minimum absolute atomic E-state index is 0.0990. The van der Waals surface area contributed by atoms with E-state index in [2.05, 4.69) is 15.3 Å². The lowest BCUT2D eigenvalue weighted by Crippen LogP contribution is -2.40. The number of rotatable bonds is 5. The van der Waals surface area contributed by atoms with Crippen molar-refractivity contribution in [2.24, 2.45) is 0 Å². The number of nitrogens with zero attached hydrogens (tertiary/aromatic N) is 2. The normalized spacial score (nSPS) is 12.3. The van der Waals surface area contributed by atoms with E-state index in [0.717, 1.165) is 16.8 Å². The van der Waals surface area contributed by atoms with E-state index in [9.17, 15) is 9.59 Å². The largest absolute Gasteiger partial charge is 0.324 e.